The number of carbonyl (C=O) groups excluding carboxylic acids is 2. The molecule has 184 valence electrons. The lowest BCUT2D eigenvalue weighted by Crippen LogP contribution is -2.52. The van der Waals surface area contributed by atoms with E-state index in [2.05, 4.69) is 5.32 Å². The highest BCUT2D eigenvalue weighted by molar-refractivity contribution is 8.00. The lowest BCUT2D eigenvalue weighted by molar-refractivity contribution is -0.139. The molecule has 3 aromatic carbocycles. The Morgan fingerprint density at radius 1 is 0.943 bits per heavy atom. The lowest BCUT2D eigenvalue weighted by atomic mass is 10.0. The minimum Gasteiger partial charge on any atom is -0.497 e. The quantitative estimate of drug-likeness (QED) is 0.348. The average molecular weight is 491 g/mol. The Bertz CT molecular complexity index is 1080. The molecule has 0 aromatic heterocycles. The predicted molar refractivity (Wildman–Crippen MR) is 143 cm³/mol. The number of hydrogen-bond acceptors (Lipinski definition) is 4. The highest BCUT2D eigenvalue weighted by atomic mass is 32.2. The molecule has 5 nitrogen and oxygen atoms in total. The van der Waals surface area contributed by atoms with E-state index < -0.39 is 6.04 Å². The summed E-state index contributed by atoms with van der Waals surface area (Å²) in [5, 5.41) is 3.10. The SMILES string of the molecule is CC[C@@H](C)NC(=O)[C@H](Cc1ccccc1)N(Cc1cccc(OC)c1)C(=O)CSc1ccccc1. The Kier molecular flexibility index (Phi) is 10.2. The molecule has 2 amide bonds. The summed E-state index contributed by atoms with van der Waals surface area (Å²) in [6.07, 6.45) is 1.26. The zero-order valence-corrected chi connectivity index (χ0v) is 21.5. The van der Waals surface area contributed by atoms with E-state index in [9.17, 15) is 9.59 Å². The first-order valence-electron chi connectivity index (χ1n) is 11.9. The number of ether oxygens (including phenoxy) is 1. The fourth-order valence-electron chi connectivity index (χ4n) is 3.71. The zero-order chi connectivity index (χ0) is 25.0. The third kappa shape index (κ3) is 8.18. The van der Waals surface area contributed by atoms with Crippen molar-refractivity contribution in [2.45, 2.75) is 50.2 Å². The number of carbonyl (C=O) groups is 2. The summed E-state index contributed by atoms with van der Waals surface area (Å²) in [4.78, 5) is 29.9. The molecule has 2 atom stereocenters. The van der Waals surface area contributed by atoms with Gasteiger partial charge in [0.2, 0.25) is 11.8 Å². The zero-order valence-electron chi connectivity index (χ0n) is 20.6. The van der Waals surface area contributed by atoms with Crippen LogP contribution in [-0.4, -0.2) is 41.7 Å². The smallest absolute Gasteiger partial charge is 0.243 e. The molecule has 0 radical (unpaired) electrons. The molecule has 0 fully saturated rings. The maximum absolute atomic E-state index is 13.7. The van der Waals surface area contributed by atoms with Gasteiger partial charge in [0.25, 0.3) is 0 Å². The summed E-state index contributed by atoms with van der Waals surface area (Å²) >= 11 is 1.48. The van der Waals surface area contributed by atoms with Crippen molar-refractivity contribution in [2.75, 3.05) is 12.9 Å². The third-order valence-corrected chi connectivity index (χ3v) is 6.86. The number of hydrogen-bond donors (Lipinski definition) is 1. The fourth-order valence-corrected chi connectivity index (χ4v) is 4.51. The second-order valence-corrected chi connectivity index (χ2v) is 9.55. The van der Waals surface area contributed by atoms with E-state index in [0.717, 1.165) is 28.2 Å². The van der Waals surface area contributed by atoms with Gasteiger partial charge in [-0.1, -0.05) is 67.6 Å². The number of nitrogens with zero attached hydrogens (tertiary/aromatic N) is 1. The minimum absolute atomic E-state index is 0.0215. The van der Waals surface area contributed by atoms with Gasteiger partial charge < -0.3 is 15.0 Å². The molecular formula is C29H34N2O3S. The number of methoxy groups -OCH3 is 1. The molecule has 35 heavy (non-hydrogen) atoms. The molecular weight excluding hydrogens is 456 g/mol. The first kappa shape index (κ1) is 26.4. The van der Waals surface area contributed by atoms with E-state index in [1.807, 2.05) is 98.8 Å². The molecule has 0 aliphatic carbocycles. The molecule has 0 saturated heterocycles. The van der Waals surface area contributed by atoms with Crippen molar-refractivity contribution in [1.29, 1.82) is 0 Å². The van der Waals surface area contributed by atoms with Crippen molar-refractivity contribution in [2.24, 2.45) is 0 Å². The highest BCUT2D eigenvalue weighted by Gasteiger charge is 2.31. The summed E-state index contributed by atoms with van der Waals surface area (Å²) in [5.74, 6) is 0.749. The summed E-state index contributed by atoms with van der Waals surface area (Å²) < 4.78 is 5.39. The molecule has 0 saturated carbocycles. The van der Waals surface area contributed by atoms with Crippen LogP contribution in [0, 0.1) is 0 Å². The van der Waals surface area contributed by atoms with Gasteiger partial charge in [0, 0.05) is 23.9 Å². The van der Waals surface area contributed by atoms with Gasteiger partial charge >= 0.3 is 0 Å². The van der Waals surface area contributed by atoms with Crippen LogP contribution in [0.1, 0.15) is 31.4 Å². The molecule has 0 aliphatic heterocycles. The van der Waals surface area contributed by atoms with Crippen molar-refractivity contribution < 1.29 is 14.3 Å². The molecule has 0 spiro atoms. The van der Waals surface area contributed by atoms with E-state index in [-0.39, 0.29) is 23.6 Å². The Morgan fingerprint density at radius 3 is 2.26 bits per heavy atom. The van der Waals surface area contributed by atoms with Gasteiger partial charge in [0.1, 0.15) is 11.8 Å². The van der Waals surface area contributed by atoms with Gasteiger partial charge in [0.15, 0.2) is 0 Å². The van der Waals surface area contributed by atoms with Crippen molar-refractivity contribution in [3.05, 3.63) is 96.1 Å². The monoisotopic (exact) mass is 490 g/mol. The highest BCUT2D eigenvalue weighted by Crippen LogP contribution is 2.22. The van der Waals surface area contributed by atoms with Gasteiger partial charge in [-0.3, -0.25) is 9.59 Å². The van der Waals surface area contributed by atoms with Crippen LogP contribution in [0.3, 0.4) is 0 Å². The molecule has 6 heteroatoms. The van der Waals surface area contributed by atoms with E-state index in [4.69, 9.17) is 4.74 Å². The Labute approximate surface area is 212 Å². The minimum atomic E-state index is -0.638. The number of amides is 2. The molecule has 0 bridgehead atoms. The maximum atomic E-state index is 13.7. The van der Waals surface area contributed by atoms with Crippen molar-refractivity contribution in [3.8, 4) is 5.75 Å². The van der Waals surface area contributed by atoms with Crippen molar-refractivity contribution in [3.63, 3.8) is 0 Å². The van der Waals surface area contributed by atoms with E-state index in [1.165, 1.54) is 11.8 Å². The normalized spacial score (nSPS) is 12.4. The van der Waals surface area contributed by atoms with E-state index in [1.54, 1.807) is 12.0 Å². The largest absolute Gasteiger partial charge is 0.497 e. The van der Waals surface area contributed by atoms with Crippen molar-refractivity contribution >= 4 is 23.6 Å². The van der Waals surface area contributed by atoms with Gasteiger partial charge in [-0.05, 0) is 48.7 Å². The first-order chi connectivity index (χ1) is 17.0. The van der Waals surface area contributed by atoms with Crippen LogP contribution in [0.5, 0.6) is 5.75 Å². The van der Waals surface area contributed by atoms with Crippen LogP contribution in [0.2, 0.25) is 0 Å². The summed E-state index contributed by atoms with van der Waals surface area (Å²) in [6.45, 7) is 4.33. The summed E-state index contributed by atoms with van der Waals surface area (Å²) in [5.41, 5.74) is 1.92. The van der Waals surface area contributed by atoms with Gasteiger partial charge in [-0.2, -0.15) is 0 Å². The summed E-state index contributed by atoms with van der Waals surface area (Å²) in [7, 11) is 1.62. The van der Waals surface area contributed by atoms with Crippen LogP contribution in [0.25, 0.3) is 0 Å². The number of nitrogens with one attached hydrogen (secondary N) is 1. The van der Waals surface area contributed by atoms with Crippen LogP contribution in [0.15, 0.2) is 89.8 Å². The second kappa shape index (κ2) is 13.6. The van der Waals surface area contributed by atoms with Crippen LogP contribution in [-0.2, 0) is 22.6 Å². The maximum Gasteiger partial charge on any atom is 0.243 e. The van der Waals surface area contributed by atoms with Crippen LogP contribution < -0.4 is 10.1 Å². The Balaban J connectivity index is 1.92. The molecule has 3 rings (SSSR count). The van der Waals surface area contributed by atoms with Crippen LogP contribution >= 0.6 is 11.8 Å². The van der Waals surface area contributed by atoms with E-state index in [0.29, 0.717) is 13.0 Å². The topological polar surface area (TPSA) is 58.6 Å². The number of rotatable bonds is 12. The Morgan fingerprint density at radius 2 is 1.60 bits per heavy atom. The molecule has 1 N–H and O–H groups in total. The number of thioether (sulfide) groups is 1. The predicted octanol–water partition coefficient (Wildman–Crippen LogP) is 5.34. The fraction of sp³-hybridized carbons (Fsp3) is 0.310. The van der Waals surface area contributed by atoms with Crippen molar-refractivity contribution in [1.82, 2.24) is 10.2 Å². The van der Waals surface area contributed by atoms with Crippen LogP contribution in [0.4, 0.5) is 0 Å². The second-order valence-electron chi connectivity index (χ2n) is 8.50. The average Bonchev–Trinajstić information content (AvgIpc) is 2.90. The molecule has 0 unspecified atom stereocenters. The van der Waals surface area contributed by atoms with Gasteiger partial charge in [0.05, 0.1) is 12.9 Å². The molecule has 3 aromatic rings. The van der Waals surface area contributed by atoms with Gasteiger partial charge in [-0.25, -0.2) is 0 Å². The summed E-state index contributed by atoms with van der Waals surface area (Å²) in [6, 6.07) is 26.7. The van der Waals surface area contributed by atoms with Gasteiger partial charge in [-0.15, -0.1) is 11.8 Å². The standard InChI is InChI=1S/C29H34N2O3S/c1-4-22(2)30-29(33)27(19-23-12-7-5-8-13-23)31(20-24-14-11-15-25(18-24)34-3)28(32)21-35-26-16-9-6-10-17-26/h5-18,22,27H,4,19-21H2,1-3H3,(H,30,33)/t22-,27+/m1/s1. The molecule has 0 heterocycles. The lowest BCUT2D eigenvalue weighted by Gasteiger charge is -2.32. The number of benzene rings is 3. The Hall–Kier alpha value is -3.25. The third-order valence-electron chi connectivity index (χ3n) is 5.86. The molecule has 0 aliphatic rings. The van der Waals surface area contributed by atoms with E-state index >= 15 is 0 Å². The first-order valence-corrected chi connectivity index (χ1v) is 12.9.